The summed E-state index contributed by atoms with van der Waals surface area (Å²) >= 11 is 6.11. The maximum Gasteiger partial charge on any atom is 0.251 e. The van der Waals surface area contributed by atoms with Crippen molar-refractivity contribution in [2.45, 2.75) is 26.9 Å². The molecule has 3 N–H and O–H groups in total. The quantitative estimate of drug-likeness (QED) is 0.533. The molecule has 1 aromatic heterocycles. The Kier molecular flexibility index (Phi) is 6.71. The van der Waals surface area contributed by atoms with Crippen molar-refractivity contribution in [2.75, 3.05) is 13.1 Å². The molecule has 3 aromatic rings. The number of carbonyl (C=O) groups is 1. The van der Waals surface area contributed by atoms with Crippen molar-refractivity contribution < 1.29 is 4.79 Å². The van der Waals surface area contributed by atoms with Gasteiger partial charge in [0.25, 0.3) is 5.91 Å². The van der Waals surface area contributed by atoms with Crippen LogP contribution in [0, 0.1) is 13.8 Å². The van der Waals surface area contributed by atoms with E-state index in [0.717, 1.165) is 57.5 Å². The van der Waals surface area contributed by atoms with Crippen molar-refractivity contribution in [3.05, 3.63) is 87.7 Å². The van der Waals surface area contributed by atoms with E-state index in [-0.39, 0.29) is 5.91 Å². The summed E-state index contributed by atoms with van der Waals surface area (Å²) in [6, 6.07) is 13.7. The molecule has 0 fully saturated rings. The number of guanidine groups is 1. The molecular weight excluding hydrogens is 422 g/mol. The number of benzene rings is 2. The number of hydrogen-bond acceptors (Lipinski definition) is 5. The molecule has 4 rings (SSSR count). The minimum atomic E-state index is -0.126. The van der Waals surface area contributed by atoms with Crippen LogP contribution in [0.1, 0.15) is 32.6 Å². The second kappa shape index (κ2) is 9.83. The van der Waals surface area contributed by atoms with Crippen LogP contribution in [0.3, 0.4) is 0 Å². The monoisotopic (exact) mass is 447 g/mol. The molecule has 0 atom stereocenters. The van der Waals surface area contributed by atoms with Gasteiger partial charge in [-0.05, 0) is 72.0 Å². The highest BCUT2D eigenvalue weighted by molar-refractivity contribution is 6.31. The lowest BCUT2D eigenvalue weighted by atomic mass is 9.97. The number of amides is 1. The van der Waals surface area contributed by atoms with Gasteiger partial charge in [-0.15, -0.1) is 0 Å². The standard InChI is InChI=1S/C25H26ClN5O/c1-16-5-6-27-15-22(16)20-10-19(14-31-25-28-7-8-29-25)11-21(12-20)24(32)30-13-18-3-4-23(26)17(2)9-18/h3-6,9-12,15H,7-8,13-14H2,1-2H3,(H,30,32)(H2,28,29,31). The molecule has 7 heteroatoms. The van der Waals surface area contributed by atoms with E-state index in [9.17, 15) is 4.79 Å². The van der Waals surface area contributed by atoms with Gasteiger partial charge in [0.2, 0.25) is 0 Å². The summed E-state index contributed by atoms with van der Waals surface area (Å²) in [6.45, 7) is 6.61. The van der Waals surface area contributed by atoms with Gasteiger partial charge < -0.3 is 16.0 Å². The number of nitrogens with zero attached hydrogens (tertiary/aromatic N) is 2. The third-order valence-corrected chi connectivity index (χ3v) is 5.84. The van der Waals surface area contributed by atoms with E-state index in [2.05, 4.69) is 32.0 Å². The van der Waals surface area contributed by atoms with E-state index in [1.54, 1.807) is 6.20 Å². The second-order valence-electron chi connectivity index (χ2n) is 7.89. The number of aromatic nitrogens is 1. The zero-order valence-electron chi connectivity index (χ0n) is 18.2. The molecule has 6 nitrogen and oxygen atoms in total. The Labute approximate surface area is 193 Å². The third kappa shape index (κ3) is 5.26. The Balaban J connectivity index is 1.58. The summed E-state index contributed by atoms with van der Waals surface area (Å²) in [5.74, 6) is 0.663. The molecule has 0 saturated carbocycles. The molecule has 0 aliphatic carbocycles. The molecular formula is C25H26ClN5O. The van der Waals surface area contributed by atoms with E-state index < -0.39 is 0 Å². The minimum absolute atomic E-state index is 0.126. The maximum absolute atomic E-state index is 13.0. The van der Waals surface area contributed by atoms with Crippen LogP contribution in [0.15, 0.2) is 59.9 Å². The van der Waals surface area contributed by atoms with Crippen LogP contribution in [-0.4, -0.2) is 29.9 Å². The highest BCUT2D eigenvalue weighted by Gasteiger charge is 2.13. The van der Waals surface area contributed by atoms with E-state index in [4.69, 9.17) is 11.6 Å². The van der Waals surface area contributed by atoms with E-state index >= 15 is 0 Å². The van der Waals surface area contributed by atoms with E-state index in [1.165, 1.54) is 0 Å². The summed E-state index contributed by atoms with van der Waals surface area (Å²) in [6.07, 6.45) is 3.61. The molecule has 0 radical (unpaired) electrons. The molecule has 2 heterocycles. The third-order valence-electron chi connectivity index (χ3n) is 5.41. The van der Waals surface area contributed by atoms with Crippen molar-refractivity contribution in [3.8, 4) is 11.1 Å². The van der Waals surface area contributed by atoms with Gasteiger partial charge in [0, 0.05) is 48.2 Å². The molecule has 2 aromatic carbocycles. The van der Waals surface area contributed by atoms with Crippen LogP contribution in [0.4, 0.5) is 0 Å². The molecule has 0 saturated heterocycles. The smallest absolute Gasteiger partial charge is 0.251 e. The summed E-state index contributed by atoms with van der Waals surface area (Å²) in [5.41, 5.74) is 6.67. The fourth-order valence-corrected chi connectivity index (χ4v) is 3.77. The van der Waals surface area contributed by atoms with Crippen molar-refractivity contribution >= 4 is 23.5 Å². The van der Waals surface area contributed by atoms with Crippen LogP contribution < -0.4 is 16.0 Å². The number of nitrogens with one attached hydrogen (secondary N) is 3. The number of halogens is 1. The fourth-order valence-electron chi connectivity index (χ4n) is 3.65. The van der Waals surface area contributed by atoms with Gasteiger partial charge in [-0.25, -0.2) is 0 Å². The van der Waals surface area contributed by atoms with Gasteiger partial charge in [-0.1, -0.05) is 23.7 Å². The molecule has 0 spiro atoms. The number of rotatable bonds is 6. The first kappa shape index (κ1) is 21.8. The average Bonchev–Trinajstić information content (AvgIpc) is 3.32. The molecule has 164 valence electrons. The maximum atomic E-state index is 13.0. The Hall–Kier alpha value is -3.38. The predicted octanol–water partition coefficient (Wildman–Crippen LogP) is 4.00. The highest BCUT2D eigenvalue weighted by Crippen LogP contribution is 2.25. The lowest BCUT2D eigenvalue weighted by Gasteiger charge is -2.13. The number of hydrogen-bond donors (Lipinski definition) is 3. The Morgan fingerprint density at radius 2 is 1.94 bits per heavy atom. The molecule has 1 aliphatic rings. The topological polar surface area (TPSA) is 78.4 Å². The lowest BCUT2D eigenvalue weighted by Crippen LogP contribution is -2.33. The Morgan fingerprint density at radius 3 is 2.69 bits per heavy atom. The molecule has 0 bridgehead atoms. The van der Waals surface area contributed by atoms with E-state index in [1.807, 2.05) is 56.4 Å². The Morgan fingerprint density at radius 1 is 1.06 bits per heavy atom. The highest BCUT2D eigenvalue weighted by atomic mass is 35.5. The first-order valence-corrected chi connectivity index (χ1v) is 11.0. The second-order valence-corrected chi connectivity index (χ2v) is 8.29. The first-order valence-electron chi connectivity index (χ1n) is 10.6. The van der Waals surface area contributed by atoms with Gasteiger partial charge in [0.1, 0.15) is 0 Å². The number of aliphatic imine (C=N–C) groups is 1. The van der Waals surface area contributed by atoms with Crippen molar-refractivity contribution in [3.63, 3.8) is 0 Å². The first-order chi connectivity index (χ1) is 15.5. The van der Waals surface area contributed by atoms with E-state index in [0.29, 0.717) is 18.7 Å². The van der Waals surface area contributed by atoms with Crippen LogP contribution in [0.25, 0.3) is 11.1 Å². The molecule has 1 aliphatic heterocycles. The van der Waals surface area contributed by atoms with Crippen LogP contribution >= 0.6 is 11.6 Å². The normalized spacial score (nSPS) is 12.8. The summed E-state index contributed by atoms with van der Waals surface area (Å²) in [7, 11) is 0. The molecule has 0 unspecified atom stereocenters. The lowest BCUT2D eigenvalue weighted by molar-refractivity contribution is 0.0951. The van der Waals surface area contributed by atoms with Gasteiger partial charge in [0.15, 0.2) is 5.96 Å². The van der Waals surface area contributed by atoms with Gasteiger partial charge in [0.05, 0.1) is 6.54 Å². The van der Waals surface area contributed by atoms with Crippen molar-refractivity contribution in [2.24, 2.45) is 4.99 Å². The summed E-state index contributed by atoms with van der Waals surface area (Å²) in [5, 5.41) is 10.3. The predicted molar refractivity (Wildman–Crippen MR) is 129 cm³/mol. The number of pyridine rings is 1. The van der Waals surface area contributed by atoms with Crippen LogP contribution in [0.2, 0.25) is 5.02 Å². The largest absolute Gasteiger partial charge is 0.355 e. The van der Waals surface area contributed by atoms with Crippen LogP contribution in [0.5, 0.6) is 0 Å². The summed E-state index contributed by atoms with van der Waals surface area (Å²) in [4.78, 5) is 21.7. The molecule has 1 amide bonds. The fraction of sp³-hybridized carbons (Fsp3) is 0.240. The average molecular weight is 448 g/mol. The zero-order chi connectivity index (χ0) is 22.5. The van der Waals surface area contributed by atoms with Crippen molar-refractivity contribution in [1.29, 1.82) is 0 Å². The molecule has 32 heavy (non-hydrogen) atoms. The number of carbonyl (C=O) groups excluding carboxylic acids is 1. The van der Waals surface area contributed by atoms with Gasteiger partial charge >= 0.3 is 0 Å². The van der Waals surface area contributed by atoms with Crippen LogP contribution in [-0.2, 0) is 13.1 Å². The summed E-state index contributed by atoms with van der Waals surface area (Å²) < 4.78 is 0. The zero-order valence-corrected chi connectivity index (χ0v) is 19.0. The minimum Gasteiger partial charge on any atom is -0.355 e. The van der Waals surface area contributed by atoms with Crippen molar-refractivity contribution in [1.82, 2.24) is 20.9 Å². The number of aryl methyl sites for hydroxylation is 2. The van der Waals surface area contributed by atoms with Gasteiger partial charge in [-0.2, -0.15) is 0 Å². The Bertz CT molecular complexity index is 1170. The van der Waals surface area contributed by atoms with Gasteiger partial charge in [-0.3, -0.25) is 14.8 Å². The SMILES string of the molecule is Cc1cc(CNC(=O)c2cc(CNC3=NCCN3)cc(-c3cnccc3C)c2)ccc1Cl.